The van der Waals surface area contributed by atoms with Crippen molar-refractivity contribution < 1.29 is 4.74 Å². The van der Waals surface area contributed by atoms with Crippen molar-refractivity contribution in [1.29, 1.82) is 0 Å². The van der Waals surface area contributed by atoms with Crippen LogP contribution in [-0.2, 0) is 18.3 Å². The van der Waals surface area contributed by atoms with E-state index in [0.29, 0.717) is 13.2 Å². The Morgan fingerprint density at radius 3 is 2.95 bits per heavy atom. The molecule has 3 rings (SSSR count). The van der Waals surface area contributed by atoms with Crippen LogP contribution in [0.3, 0.4) is 0 Å². The molecule has 20 heavy (non-hydrogen) atoms. The molecule has 0 spiro atoms. The molecule has 2 aromatic heterocycles. The Bertz CT molecular complexity index is 851. The average molecular weight is 336 g/mol. The van der Waals surface area contributed by atoms with Gasteiger partial charge in [0.2, 0.25) is 0 Å². The summed E-state index contributed by atoms with van der Waals surface area (Å²) >= 11 is 3.47. The summed E-state index contributed by atoms with van der Waals surface area (Å²) in [5, 5.41) is 0.964. The van der Waals surface area contributed by atoms with Crippen molar-refractivity contribution in [2.24, 2.45) is 7.05 Å². The van der Waals surface area contributed by atoms with Gasteiger partial charge in [0.15, 0.2) is 0 Å². The van der Waals surface area contributed by atoms with Crippen molar-refractivity contribution in [3.05, 3.63) is 39.4 Å². The first-order chi connectivity index (χ1) is 9.63. The molecule has 0 aliphatic heterocycles. The third-order valence-electron chi connectivity index (χ3n) is 3.45. The first-order valence-corrected chi connectivity index (χ1v) is 7.05. The van der Waals surface area contributed by atoms with Crippen molar-refractivity contribution >= 4 is 37.9 Å². The number of hydrogen-bond donors (Lipinski definition) is 0. The van der Waals surface area contributed by atoms with E-state index >= 15 is 0 Å². The molecule has 0 unspecified atom stereocenters. The van der Waals surface area contributed by atoms with Crippen molar-refractivity contribution in [1.82, 2.24) is 14.1 Å². The molecule has 0 radical (unpaired) electrons. The second-order valence-electron chi connectivity index (χ2n) is 4.64. The van der Waals surface area contributed by atoms with Gasteiger partial charge in [0, 0.05) is 24.0 Å². The Hall–Kier alpha value is -1.66. The molecule has 1 aromatic carbocycles. The van der Waals surface area contributed by atoms with Crippen LogP contribution in [0, 0.1) is 0 Å². The van der Waals surface area contributed by atoms with Gasteiger partial charge in [-0.05, 0) is 18.2 Å². The summed E-state index contributed by atoms with van der Waals surface area (Å²) in [6, 6.07) is 5.88. The van der Waals surface area contributed by atoms with E-state index in [-0.39, 0.29) is 5.69 Å². The molecule has 0 fully saturated rings. The van der Waals surface area contributed by atoms with Gasteiger partial charge in [-0.25, -0.2) is 4.79 Å². The zero-order valence-corrected chi connectivity index (χ0v) is 12.8. The fourth-order valence-corrected chi connectivity index (χ4v) is 2.80. The molecular weight excluding hydrogens is 322 g/mol. The number of hydrogen-bond acceptors (Lipinski definition) is 3. The van der Waals surface area contributed by atoms with Gasteiger partial charge in [-0.1, -0.05) is 15.9 Å². The fraction of sp³-hybridized carbons (Fsp3) is 0.286. The van der Waals surface area contributed by atoms with Crippen LogP contribution in [0.4, 0.5) is 0 Å². The quantitative estimate of drug-likeness (QED) is 0.737. The number of pyridine rings is 1. The first kappa shape index (κ1) is 13.3. The smallest absolute Gasteiger partial charge is 0.328 e. The SMILES string of the molecule is COCCn1c(=O)n(C)c2cnc3ccc(Br)cc3c21. The van der Waals surface area contributed by atoms with Crippen LogP contribution < -0.4 is 5.69 Å². The van der Waals surface area contributed by atoms with Crippen molar-refractivity contribution in [2.75, 3.05) is 13.7 Å². The highest BCUT2D eigenvalue weighted by Gasteiger charge is 2.14. The number of rotatable bonds is 3. The number of benzene rings is 1. The first-order valence-electron chi connectivity index (χ1n) is 6.26. The topological polar surface area (TPSA) is 49.0 Å². The third-order valence-corrected chi connectivity index (χ3v) is 3.94. The minimum absolute atomic E-state index is 0.0497. The Morgan fingerprint density at radius 2 is 2.20 bits per heavy atom. The van der Waals surface area contributed by atoms with E-state index in [2.05, 4.69) is 20.9 Å². The summed E-state index contributed by atoms with van der Waals surface area (Å²) < 4.78 is 9.44. The lowest BCUT2D eigenvalue weighted by atomic mass is 10.2. The standard InChI is InChI=1S/C14H14BrN3O2/c1-17-12-8-16-11-4-3-9(15)7-10(11)13(12)18(14(17)19)5-6-20-2/h3-4,7-8H,5-6H2,1-2H3. The highest BCUT2D eigenvalue weighted by molar-refractivity contribution is 9.10. The summed E-state index contributed by atoms with van der Waals surface area (Å²) in [6.45, 7) is 1.02. The van der Waals surface area contributed by atoms with Crippen LogP contribution in [0.1, 0.15) is 0 Å². The molecule has 0 N–H and O–H groups in total. The molecular formula is C14H14BrN3O2. The number of aryl methyl sites for hydroxylation is 1. The van der Waals surface area contributed by atoms with Gasteiger partial charge in [-0.3, -0.25) is 14.1 Å². The number of ether oxygens (including phenoxy) is 1. The van der Waals surface area contributed by atoms with Crippen molar-refractivity contribution in [3.8, 4) is 0 Å². The molecule has 6 heteroatoms. The van der Waals surface area contributed by atoms with E-state index in [4.69, 9.17) is 4.74 Å². The second kappa shape index (κ2) is 5.03. The number of nitrogens with zero attached hydrogens (tertiary/aromatic N) is 3. The lowest BCUT2D eigenvalue weighted by Crippen LogP contribution is -2.23. The molecule has 0 saturated carbocycles. The average Bonchev–Trinajstić information content (AvgIpc) is 2.69. The monoisotopic (exact) mass is 335 g/mol. The van der Waals surface area contributed by atoms with Gasteiger partial charge in [0.25, 0.3) is 0 Å². The summed E-state index contributed by atoms with van der Waals surface area (Å²) in [6.07, 6.45) is 1.75. The van der Waals surface area contributed by atoms with Crippen LogP contribution in [0.25, 0.3) is 21.9 Å². The van der Waals surface area contributed by atoms with Crippen molar-refractivity contribution in [2.45, 2.75) is 6.54 Å². The summed E-state index contributed by atoms with van der Waals surface area (Å²) in [5.74, 6) is 0. The predicted molar refractivity (Wildman–Crippen MR) is 82.1 cm³/mol. The van der Waals surface area contributed by atoms with Gasteiger partial charge in [0.1, 0.15) is 0 Å². The third kappa shape index (κ3) is 1.96. The molecule has 0 amide bonds. The molecule has 5 nitrogen and oxygen atoms in total. The van der Waals surface area contributed by atoms with Gasteiger partial charge < -0.3 is 4.74 Å². The summed E-state index contributed by atoms with van der Waals surface area (Å²) in [7, 11) is 3.39. The molecule has 0 aliphatic rings. The van der Waals surface area contributed by atoms with Gasteiger partial charge in [-0.15, -0.1) is 0 Å². The van der Waals surface area contributed by atoms with E-state index in [1.165, 1.54) is 0 Å². The molecule has 3 aromatic rings. The van der Waals surface area contributed by atoms with Crippen LogP contribution >= 0.6 is 15.9 Å². The van der Waals surface area contributed by atoms with Gasteiger partial charge in [-0.2, -0.15) is 0 Å². The molecule has 0 aliphatic carbocycles. The van der Waals surface area contributed by atoms with Gasteiger partial charge in [0.05, 0.1) is 35.9 Å². The lowest BCUT2D eigenvalue weighted by Gasteiger charge is -2.05. The molecule has 104 valence electrons. The molecule has 2 heterocycles. The van der Waals surface area contributed by atoms with Crippen LogP contribution in [0.15, 0.2) is 33.7 Å². The van der Waals surface area contributed by atoms with E-state index in [9.17, 15) is 4.79 Å². The Balaban J connectivity index is 2.44. The predicted octanol–water partition coefficient (Wildman–Crippen LogP) is 2.30. The number of fused-ring (bicyclic) bond motifs is 3. The minimum atomic E-state index is -0.0497. The minimum Gasteiger partial charge on any atom is -0.383 e. The van der Waals surface area contributed by atoms with Crippen LogP contribution in [-0.4, -0.2) is 27.8 Å². The maximum Gasteiger partial charge on any atom is 0.328 e. The zero-order chi connectivity index (χ0) is 14.3. The summed E-state index contributed by atoms with van der Waals surface area (Å²) in [4.78, 5) is 16.8. The number of aromatic nitrogens is 3. The van der Waals surface area contributed by atoms with Crippen molar-refractivity contribution in [3.63, 3.8) is 0 Å². The number of imidazole rings is 1. The summed E-state index contributed by atoms with van der Waals surface area (Å²) in [5.41, 5.74) is 2.56. The van der Waals surface area contributed by atoms with Gasteiger partial charge >= 0.3 is 5.69 Å². The van der Waals surface area contributed by atoms with Crippen LogP contribution in [0.2, 0.25) is 0 Å². The highest BCUT2D eigenvalue weighted by atomic mass is 79.9. The normalized spacial score (nSPS) is 11.6. The zero-order valence-electron chi connectivity index (χ0n) is 11.3. The largest absolute Gasteiger partial charge is 0.383 e. The van der Waals surface area contributed by atoms with E-state index in [1.807, 2.05) is 18.2 Å². The Morgan fingerprint density at radius 1 is 1.40 bits per heavy atom. The van der Waals surface area contributed by atoms with E-state index in [0.717, 1.165) is 26.4 Å². The lowest BCUT2D eigenvalue weighted by molar-refractivity contribution is 0.187. The number of methoxy groups -OCH3 is 1. The maximum atomic E-state index is 12.4. The van der Waals surface area contributed by atoms with Crippen LogP contribution in [0.5, 0.6) is 0 Å². The highest BCUT2D eigenvalue weighted by Crippen LogP contribution is 2.25. The second-order valence-corrected chi connectivity index (χ2v) is 5.56. The number of halogens is 1. The Labute approximate surface area is 123 Å². The maximum absolute atomic E-state index is 12.4. The molecule has 0 saturated heterocycles. The fourth-order valence-electron chi connectivity index (χ4n) is 2.44. The Kier molecular flexibility index (Phi) is 3.35. The molecule has 0 atom stereocenters. The van der Waals surface area contributed by atoms with E-state index < -0.39 is 0 Å². The molecule has 0 bridgehead atoms. The van der Waals surface area contributed by atoms with E-state index in [1.54, 1.807) is 29.5 Å².